The predicted octanol–water partition coefficient (Wildman–Crippen LogP) is 2.53. The molecule has 0 aliphatic rings. The number of ether oxygens (including phenoxy) is 1. The standard InChI is InChI=1S/C18H23N3O3/c1-4-17(22)15-6-8-16(9-7-15)24-13-18(23)20(3)11-14-10-19-21(5-2)12-14/h6-10,12H,4-5,11,13H2,1-3H3. The van der Waals surface area contributed by atoms with E-state index in [1.165, 1.54) is 0 Å². The lowest BCUT2D eigenvalue weighted by molar-refractivity contribution is -0.132. The maximum absolute atomic E-state index is 12.1. The fraction of sp³-hybridized carbons (Fsp3) is 0.389. The molecular weight excluding hydrogens is 306 g/mol. The van der Waals surface area contributed by atoms with Gasteiger partial charge in [0.1, 0.15) is 5.75 Å². The lowest BCUT2D eigenvalue weighted by atomic mass is 10.1. The molecule has 0 aliphatic carbocycles. The van der Waals surface area contributed by atoms with Crippen molar-refractivity contribution in [3.05, 3.63) is 47.8 Å². The third-order valence-corrected chi connectivity index (χ3v) is 3.72. The second-order valence-electron chi connectivity index (χ2n) is 5.54. The first kappa shape index (κ1) is 17.7. The van der Waals surface area contributed by atoms with Gasteiger partial charge in [-0.1, -0.05) is 6.92 Å². The lowest BCUT2D eigenvalue weighted by Crippen LogP contribution is -2.30. The molecule has 0 unspecified atom stereocenters. The minimum Gasteiger partial charge on any atom is -0.484 e. The van der Waals surface area contributed by atoms with Crippen LogP contribution in [0.1, 0.15) is 36.2 Å². The number of aromatic nitrogens is 2. The number of amides is 1. The molecule has 1 heterocycles. The van der Waals surface area contributed by atoms with Crippen molar-refractivity contribution in [2.24, 2.45) is 0 Å². The summed E-state index contributed by atoms with van der Waals surface area (Å²) in [6, 6.07) is 6.85. The maximum Gasteiger partial charge on any atom is 0.260 e. The Labute approximate surface area is 142 Å². The fourth-order valence-corrected chi connectivity index (χ4v) is 2.22. The van der Waals surface area contributed by atoms with Crippen LogP contribution in [-0.4, -0.2) is 40.0 Å². The molecule has 0 fully saturated rings. The van der Waals surface area contributed by atoms with Gasteiger partial charge in [0.05, 0.1) is 6.20 Å². The van der Waals surface area contributed by atoms with E-state index in [-0.39, 0.29) is 18.3 Å². The van der Waals surface area contributed by atoms with Crippen LogP contribution in [0, 0.1) is 0 Å². The van der Waals surface area contributed by atoms with Gasteiger partial charge in [-0.3, -0.25) is 14.3 Å². The van der Waals surface area contributed by atoms with Crippen LogP contribution < -0.4 is 4.74 Å². The highest BCUT2D eigenvalue weighted by atomic mass is 16.5. The Morgan fingerprint density at radius 2 is 1.92 bits per heavy atom. The molecule has 6 heteroatoms. The zero-order valence-electron chi connectivity index (χ0n) is 14.4. The van der Waals surface area contributed by atoms with Gasteiger partial charge >= 0.3 is 0 Å². The summed E-state index contributed by atoms with van der Waals surface area (Å²) >= 11 is 0. The molecule has 0 N–H and O–H groups in total. The lowest BCUT2D eigenvalue weighted by Gasteiger charge is -2.16. The highest BCUT2D eigenvalue weighted by Crippen LogP contribution is 2.13. The molecule has 0 spiro atoms. The van der Waals surface area contributed by atoms with Crippen LogP contribution in [0.3, 0.4) is 0 Å². The van der Waals surface area contributed by atoms with Crippen molar-refractivity contribution in [1.29, 1.82) is 0 Å². The van der Waals surface area contributed by atoms with E-state index in [0.717, 1.165) is 12.1 Å². The number of carbonyl (C=O) groups is 2. The summed E-state index contributed by atoms with van der Waals surface area (Å²) in [5, 5.41) is 4.19. The minimum atomic E-state index is -0.118. The van der Waals surface area contributed by atoms with Crippen LogP contribution in [0.5, 0.6) is 5.75 Å². The smallest absolute Gasteiger partial charge is 0.260 e. The Morgan fingerprint density at radius 3 is 2.50 bits per heavy atom. The normalized spacial score (nSPS) is 10.5. The van der Waals surface area contributed by atoms with E-state index in [2.05, 4.69) is 5.10 Å². The number of likely N-dealkylation sites (N-methyl/N-ethyl adjacent to an activating group) is 1. The maximum atomic E-state index is 12.1. The first-order chi connectivity index (χ1) is 11.5. The van der Waals surface area contributed by atoms with Crippen molar-refractivity contribution in [1.82, 2.24) is 14.7 Å². The number of hydrogen-bond acceptors (Lipinski definition) is 4. The molecule has 1 aromatic carbocycles. The number of aryl methyl sites for hydroxylation is 1. The van der Waals surface area contributed by atoms with E-state index in [4.69, 9.17) is 4.74 Å². The van der Waals surface area contributed by atoms with Crippen molar-refractivity contribution in [3.8, 4) is 5.75 Å². The van der Waals surface area contributed by atoms with E-state index < -0.39 is 0 Å². The monoisotopic (exact) mass is 329 g/mol. The first-order valence-corrected chi connectivity index (χ1v) is 8.04. The Kier molecular flexibility index (Phi) is 6.12. The Morgan fingerprint density at radius 1 is 1.21 bits per heavy atom. The summed E-state index contributed by atoms with van der Waals surface area (Å²) in [5.41, 5.74) is 1.64. The van der Waals surface area contributed by atoms with Crippen LogP contribution >= 0.6 is 0 Å². The van der Waals surface area contributed by atoms with Crippen molar-refractivity contribution < 1.29 is 14.3 Å². The number of Topliss-reactive ketones (excluding diaryl/α,β-unsaturated/α-hetero) is 1. The van der Waals surface area contributed by atoms with Gasteiger partial charge in [0.2, 0.25) is 0 Å². The number of hydrogen-bond donors (Lipinski definition) is 0. The SMILES string of the molecule is CCC(=O)c1ccc(OCC(=O)N(C)Cc2cnn(CC)c2)cc1. The molecule has 0 radical (unpaired) electrons. The molecule has 6 nitrogen and oxygen atoms in total. The third kappa shape index (κ3) is 4.68. The van der Waals surface area contributed by atoms with Gasteiger partial charge in [-0.2, -0.15) is 5.10 Å². The zero-order valence-corrected chi connectivity index (χ0v) is 14.4. The second-order valence-corrected chi connectivity index (χ2v) is 5.54. The third-order valence-electron chi connectivity index (χ3n) is 3.72. The minimum absolute atomic E-state index is 0.0422. The highest BCUT2D eigenvalue weighted by Gasteiger charge is 2.11. The number of nitrogens with zero attached hydrogens (tertiary/aromatic N) is 3. The Hall–Kier alpha value is -2.63. The van der Waals surface area contributed by atoms with E-state index in [1.54, 1.807) is 42.4 Å². The molecule has 0 saturated carbocycles. The van der Waals surface area contributed by atoms with Crippen molar-refractivity contribution >= 4 is 11.7 Å². The van der Waals surface area contributed by atoms with Gasteiger partial charge in [0.15, 0.2) is 12.4 Å². The molecule has 2 aromatic rings. The van der Waals surface area contributed by atoms with Crippen molar-refractivity contribution in [2.45, 2.75) is 33.4 Å². The summed E-state index contributed by atoms with van der Waals surface area (Å²) in [6.07, 6.45) is 4.16. The summed E-state index contributed by atoms with van der Waals surface area (Å²) in [7, 11) is 1.73. The van der Waals surface area contributed by atoms with Gasteiger partial charge in [-0.05, 0) is 31.2 Å². The summed E-state index contributed by atoms with van der Waals surface area (Å²) < 4.78 is 7.32. The molecular formula is C18H23N3O3. The molecule has 24 heavy (non-hydrogen) atoms. The summed E-state index contributed by atoms with van der Waals surface area (Å²) in [4.78, 5) is 25.3. The van der Waals surface area contributed by atoms with E-state index in [1.807, 2.05) is 24.7 Å². The molecule has 1 aromatic heterocycles. The molecule has 0 aliphatic heterocycles. The Balaban J connectivity index is 1.84. The van der Waals surface area contributed by atoms with E-state index in [9.17, 15) is 9.59 Å². The number of ketones is 1. The molecule has 0 bridgehead atoms. The largest absolute Gasteiger partial charge is 0.484 e. The molecule has 128 valence electrons. The highest BCUT2D eigenvalue weighted by molar-refractivity contribution is 5.95. The number of benzene rings is 1. The zero-order chi connectivity index (χ0) is 17.5. The van der Waals surface area contributed by atoms with Crippen LogP contribution in [-0.2, 0) is 17.9 Å². The van der Waals surface area contributed by atoms with Crippen molar-refractivity contribution in [3.63, 3.8) is 0 Å². The van der Waals surface area contributed by atoms with Crippen LogP contribution in [0.2, 0.25) is 0 Å². The van der Waals surface area contributed by atoms with Crippen LogP contribution in [0.4, 0.5) is 0 Å². The summed E-state index contributed by atoms with van der Waals surface area (Å²) in [6.45, 7) is 5.09. The average Bonchev–Trinajstić information content (AvgIpc) is 3.06. The van der Waals surface area contributed by atoms with Crippen LogP contribution in [0.15, 0.2) is 36.7 Å². The van der Waals surface area contributed by atoms with Crippen molar-refractivity contribution in [2.75, 3.05) is 13.7 Å². The molecule has 0 saturated heterocycles. The second kappa shape index (κ2) is 8.29. The summed E-state index contributed by atoms with van der Waals surface area (Å²) in [5.74, 6) is 0.543. The van der Waals surface area contributed by atoms with Gasteiger partial charge in [-0.25, -0.2) is 0 Å². The molecule has 1 amide bonds. The van der Waals surface area contributed by atoms with Crippen LogP contribution in [0.25, 0.3) is 0 Å². The predicted molar refractivity (Wildman–Crippen MR) is 90.9 cm³/mol. The van der Waals surface area contributed by atoms with E-state index in [0.29, 0.717) is 24.3 Å². The molecule has 0 atom stereocenters. The molecule has 2 rings (SSSR count). The van der Waals surface area contributed by atoms with Gasteiger partial charge in [0, 0.05) is 43.9 Å². The first-order valence-electron chi connectivity index (χ1n) is 8.04. The fourth-order valence-electron chi connectivity index (χ4n) is 2.22. The van der Waals surface area contributed by atoms with Gasteiger partial charge < -0.3 is 9.64 Å². The van der Waals surface area contributed by atoms with Gasteiger partial charge in [-0.15, -0.1) is 0 Å². The average molecular weight is 329 g/mol. The van der Waals surface area contributed by atoms with E-state index >= 15 is 0 Å². The quantitative estimate of drug-likeness (QED) is 0.698. The number of carbonyl (C=O) groups excluding carboxylic acids is 2. The number of rotatable bonds is 8. The van der Waals surface area contributed by atoms with Gasteiger partial charge in [0.25, 0.3) is 5.91 Å². The Bertz CT molecular complexity index is 692. The topological polar surface area (TPSA) is 64.4 Å².